The predicted molar refractivity (Wildman–Crippen MR) is 91.0 cm³/mol. The van der Waals surface area contributed by atoms with Gasteiger partial charge >= 0.3 is 0 Å². The van der Waals surface area contributed by atoms with Crippen molar-refractivity contribution in [2.45, 2.75) is 38.5 Å². The van der Waals surface area contributed by atoms with Gasteiger partial charge in [-0.15, -0.1) is 0 Å². The predicted octanol–water partition coefficient (Wildman–Crippen LogP) is 3.55. The monoisotopic (exact) mass is 300 g/mol. The van der Waals surface area contributed by atoms with Crippen LogP contribution >= 0.6 is 0 Å². The van der Waals surface area contributed by atoms with Crippen LogP contribution in [-0.2, 0) is 4.79 Å². The molecule has 0 bridgehead atoms. The third-order valence-electron chi connectivity index (χ3n) is 5.27. The van der Waals surface area contributed by atoms with Gasteiger partial charge in [-0.1, -0.05) is 37.5 Å². The van der Waals surface area contributed by atoms with Gasteiger partial charge < -0.3 is 9.80 Å². The lowest BCUT2D eigenvalue weighted by molar-refractivity contribution is -0.135. The van der Waals surface area contributed by atoms with E-state index >= 15 is 0 Å². The molecule has 1 amide bonds. The van der Waals surface area contributed by atoms with Gasteiger partial charge in [-0.3, -0.25) is 4.79 Å². The second-order valence-corrected chi connectivity index (χ2v) is 6.99. The number of anilines is 1. The van der Waals surface area contributed by atoms with Crippen LogP contribution in [0.25, 0.3) is 0 Å². The van der Waals surface area contributed by atoms with Crippen molar-refractivity contribution >= 4 is 11.6 Å². The highest BCUT2D eigenvalue weighted by atomic mass is 16.2. The largest absolute Gasteiger partial charge is 0.371 e. The lowest BCUT2D eigenvalue weighted by Gasteiger charge is -2.28. The van der Waals surface area contributed by atoms with E-state index in [0.717, 1.165) is 32.5 Å². The SMILES string of the molecule is CN(C[C@H]1CCN(c2ccccc2)C1)C(=O)C1CCCCC1. The minimum absolute atomic E-state index is 0.297. The van der Waals surface area contributed by atoms with Gasteiger partial charge in [0, 0.05) is 38.3 Å². The molecule has 120 valence electrons. The third-order valence-corrected chi connectivity index (χ3v) is 5.27. The average Bonchev–Trinajstić information content (AvgIpc) is 3.04. The minimum Gasteiger partial charge on any atom is -0.371 e. The zero-order valence-electron chi connectivity index (χ0n) is 13.7. The van der Waals surface area contributed by atoms with Crippen LogP contribution in [0.4, 0.5) is 5.69 Å². The fraction of sp³-hybridized carbons (Fsp3) is 0.632. The van der Waals surface area contributed by atoms with E-state index in [1.807, 2.05) is 11.9 Å². The lowest BCUT2D eigenvalue weighted by Crippen LogP contribution is -2.37. The minimum atomic E-state index is 0.297. The van der Waals surface area contributed by atoms with E-state index in [2.05, 4.69) is 35.2 Å². The molecule has 0 N–H and O–H groups in total. The van der Waals surface area contributed by atoms with Gasteiger partial charge in [0.15, 0.2) is 0 Å². The smallest absolute Gasteiger partial charge is 0.225 e. The van der Waals surface area contributed by atoms with Gasteiger partial charge in [0.2, 0.25) is 5.91 Å². The Bertz CT molecular complexity index is 481. The van der Waals surface area contributed by atoms with E-state index in [0.29, 0.717) is 17.7 Å². The maximum atomic E-state index is 12.5. The maximum absolute atomic E-state index is 12.5. The van der Waals surface area contributed by atoms with Crippen LogP contribution in [0.2, 0.25) is 0 Å². The Morgan fingerprint density at radius 2 is 1.86 bits per heavy atom. The number of benzene rings is 1. The first-order valence-electron chi connectivity index (χ1n) is 8.79. The molecule has 22 heavy (non-hydrogen) atoms. The number of carbonyl (C=O) groups is 1. The molecule has 3 heteroatoms. The van der Waals surface area contributed by atoms with Crippen molar-refractivity contribution in [1.82, 2.24) is 4.90 Å². The second-order valence-electron chi connectivity index (χ2n) is 6.99. The maximum Gasteiger partial charge on any atom is 0.225 e. The molecule has 1 atom stereocenters. The van der Waals surface area contributed by atoms with E-state index in [-0.39, 0.29) is 0 Å². The Balaban J connectivity index is 1.50. The van der Waals surface area contributed by atoms with E-state index < -0.39 is 0 Å². The molecule has 0 unspecified atom stereocenters. The van der Waals surface area contributed by atoms with Crippen molar-refractivity contribution in [3.8, 4) is 0 Å². The van der Waals surface area contributed by atoms with Crippen LogP contribution in [0.1, 0.15) is 38.5 Å². The van der Waals surface area contributed by atoms with Crippen molar-refractivity contribution in [1.29, 1.82) is 0 Å². The molecule has 1 aliphatic heterocycles. The highest BCUT2D eigenvalue weighted by Gasteiger charge is 2.28. The number of carbonyl (C=O) groups excluding carboxylic acids is 1. The summed E-state index contributed by atoms with van der Waals surface area (Å²) in [6.07, 6.45) is 7.16. The Morgan fingerprint density at radius 3 is 2.59 bits per heavy atom. The summed E-state index contributed by atoms with van der Waals surface area (Å²) in [5, 5.41) is 0. The Morgan fingerprint density at radius 1 is 1.14 bits per heavy atom. The van der Waals surface area contributed by atoms with Crippen molar-refractivity contribution in [3.05, 3.63) is 30.3 Å². The van der Waals surface area contributed by atoms with E-state index in [9.17, 15) is 4.79 Å². The number of hydrogen-bond donors (Lipinski definition) is 0. The summed E-state index contributed by atoms with van der Waals surface area (Å²) in [6.45, 7) is 3.10. The zero-order chi connectivity index (χ0) is 15.4. The molecule has 0 aromatic heterocycles. The molecule has 1 saturated heterocycles. The zero-order valence-corrected chi connectivity index (χ0v) is 13.7. The summed E-state index contributed by atoms with van der Waals surface area (Å²) < 4.78 is 0. The van der Waals surface area contributed by atoms with Crippen LogP contribution in [0.3, 0.4) is 0 Å². The molecule has 1 heterocycles. The molecular weight excluding hydrogens is 272 g/mol. The topological polar surface area (TPSA) is 23.6 Å². The summed E-state index contributed by atoms with van der Waals surface area (Å²) in [4.78, 5) is 17.0. The fourth-order valence-corrected chi connectivity index (χ4v) is 3.99. The molecule has 2 fully saturated rings. The summed E-state index contributed by atoms with van der Waals surface area (Å²) >= 11 is 0. The van der Waals surface area contributed by atoms with Crippen molar-refractivity contribution in [2.75, 3.05) is 31.6 Å². The second kappa shape index (κ2) is 7.17. The molecule has 3 nitrogen and oxygen atoms in total. The van der Waals surface area contributed by atoms with Gasteiger partial charge in [-0.2, -0.15) is 0 Å². The Labute approximate surface area is 134 Å². The molecular formula is C19H28N2O. The highest BCUT2D eigenvalue weighted by Crippen LogP contribution is 2.27. The van der Waals surface area contributed by atoms with E-state index in [1.54, 1.807) is 0 Å². The molecule has 1 aliphatic carbocycles. The van der Waals surface area contributed by atoms with Gasteiger partial charge in [0.25, 0.3) is 0 Å². The Hall–Kier alpha value is -1.51. The van der Waals surface area contributed by atoms with Crippen LogP contribution in [0.15, 0.2) is 30.3 Å². The molecule has 0 spiro atoms. The summed E-state index contributed by atoms with van der Waals surface area (Å²) in [5.41, 5.74) is 1.31. The summed E-state index contributed by atoms with van der Waals surface area (Å²) in [7, 11) is 2.00. The highest BCUT2D eigenvalue weighted by molar-refractivity contribution is 5.78. The number of para-hydroxylation sites is 1. The summed E-state index contributed by atoms with van der Waals surface area (Å²) in [5.74, 6) is 1.29. The van der Waals surface area contributed by atoms with Gasteiger partial charge in [-0.25, -0.2) is 0 Å². The molecule has 1 aromatic carbocycles. The van der Waals surface area contributed by atoms with E-state index in [4.69, 9.17) is 0 Å². The van der Waals surface area contributed by atoms with Crippen LogP contribution in [0.5, 0.6) is 0 Å². The first kappa shape index (κ1) is 15.4. The van der Waals surface area contributed by atoms with Crippen molar-refractivity contribution < 1.29 is 4.79 Å². The quantitative estimate of drug-likeness (QED) is 0.849. The van der Waals surface area contributed by atoms with Crippen molar-refractivity contribution in [2.24, 2.45) is 11.8 Å². The molecule has 1 aromatic rings. The lowest BCUT2D eigenvalue weighted by atomic mass is 9.88. The molecule has 0 radical (unpaired) electrons. The average molecular weight is 300 g/mol. The van der Waals surface area contributed by atoms with Gasteiger partial charge in [-0.05, 0) is 37.3 Å². The van der Waals surface area contributed by atoms with Crippen LogP contribution in [-0.4, -0.2) is 37.5 Å². The normalized spacial score (nSPS) is 22.8. The first-order chi connectivity index (χ1) is 10.7. The third kappa shape index (κ3) is 3.63. The first-order valence-corrected chi connectivity index (χ1v) is 8.79. The van der Waals surface area contributed by atoms with Gasteiger partial charge in [0.1, 0.15) is 0 Å². The number of hydrogen-bond acceptors (Lipinski definition) is 2. The van der Waals surface area contributed by atoms with Crippen LogP contribution in [0, 0.1) is 11.8 Å². The standard InChI is InChI=1S/C19H28N2O/c1-20(19(22)17-8-4-2-5-9-17)14-16-12-13-21(15-16)18-10-6-3-7-11-18/h3,6-7,10-11,16-17H,2,4-5,8-9,12-15H2,1H3/t16-/m1/s1. The number of amides is 1. The van der Waals surface area contributed by atoms with Crippen LogP contribution < -0.4 is 4.90 Å². The van der Waals surface area contributed by atoms with E-state index in [1.165, 1.54) is 31.4 Å². The number of rotatable bonds is 4. The molecule has 2 aliphatic rings. The molecule has 1 saturated carbocycles. The number of nitrogens with zero attached hydrogens (tertiary/aromatic N) is 2. The molecule has 3 rings (SSSR count). The fourth-order valence-electron chi connectivity index (χ4n) is 3.99. The Kier molecular flexibility index (Phi) is 5.01. The van der Waals surface area contributed by atoms with Gasteiger partial charge in [0.05, 0.1) is 0 Å². The van der Waals surface area contributed by atoms with Crippen molar-refractivity contribution in [3.63, 3.8) is 0 Å². The summed E-state index contributed by atoms with van der Waals surface area (Å²) in [6, 6.07) is 10.6.